The smallest absolute Gasteiger partial charge is 0.0704 e. The van der Waals surface area contributed by atoms with Crippen LogP contribution in [0.4, 0.5) is 0 Å². The van der Waals surface area contributed by atoms with E-state index in [2.05, 4.69) is 64.8 Å². The van der Waals surface area contributed by atoms with Gasteiger partial charge in [-0.2, -0.15) is 0 Å². The quantitative estimate of drug-likeness (QED) is 0.655. The number of hydrogen-bond acceptors (Lipinski definition) is 3. The maximum absolute atomic E-state index is 3.82. The summed E-state index contributed by atoms with van der Waals surface area (Å²) >= 11 is 7.33. The van der Waals surface area contributed by atoms with Gasteiger partial charge in [-0.25, -0.2) is 0 Å². The van der Waals surface area contributed by atoms with Crippen LogP contribution in [0.25, 0.3) is 0 Å². The van der Waals surface area contributed by atoms with Crippen LogP contribution in [0.2, 0.25) is 0 Å². The number of thioether (sulfide) groups is 1. The van der Waals surface area contributed by atoms with Gasteiger partial charge in [-0.3, -0.25) is 0 Å². The second-order valence-electron chi connectivity index (χ2n) is 5.54. The summed E-state index contributed by atoms with van der Waals surface area (Å²) < 4.78 is 1.26. The minimum Gasteiger partial charge on any atom is -0.303 e. The summed E-state index contributed by atoms with van der Waals surface area (Å²) in [7, 11) is 0. The molecule has 0 spiro atoms. The van der Waals surface area contributed by atoms with Gasteiger partial charge in [-0.15, -0.1) is 23.1 Å². The molecule has 1 nitrogen and oxygen atoms in total. The van der Waals surface area contributed by atoms with Gasteiger partial charge in [0.15, 0.2) is 0 Å². The standard InChI is InChI=1S/C17H20BrNS2/c1-11(12-6-8-13(20-2)9-7-12)19-15-4-3-5-16-14(15)10-17(18)21-16/h6-11,15,19H,3-5H2,1-2H3. The number of rotatable bonds is 4. The topological polar surface area (TPSA) is 12.0 Å². The minimum atomic E-state index is 0.385. The van der Waals surface area contributed by atoms with Crippen LogP contribution >= 0.6 is 39.0 Å². The van der Waals surface area contributed by atoms with E-state index in [4.69, 9.17) is 0 Å². The Balaban J connectivity index is 1.74. The van der Waals surface area contributed by atoms with Gasteiger partial charge in [0.2, 0.25) is 0 Å². The van der Waals surface area contributed by atoms with Gasteiger partial charge in [0.05, 0.1) is 3.79 Å². The number of fused-ring (bicyclic) bond motifs is 1. The van der Waals surface area contributed by atoms with E-state index in [0.29, 0.717) is 12.1 Å². The van der Waals surface area contributed by atoms with Crippen molar-refractivity contribution in [3.63, 3.8) is 0 Å². The summed E-state index contributed by atoms with van der Waals surface area (Å²) in [6.07, 6.45) is 5.88. The molecule has 112 valence electrons. The van der Waals surface area contributed by atoms with Crippen LogP contribution in [0.1, 0.15) is 47.9 Å². The molecule has 1 N–H and O–H groups in total. The highest BCUT2D eigenvalue weighted by atomic mass is 79.9. The lowest BCUT2D eigenvalue weighted by Gasteiger charge is -2.27. The molecular weight excluding hydrogens is 362 g/mol. The van der Waals surface area contributed by atoms with Crippen LogP contribution in [0.15, 0.2) is 39.0 Å². The Hall–Kier alpha value is -0.290. The molecule has 0 saturated carbocycles. The highest BCUT2D eigenvalue weighted by Gasteiger charge is 2.24. The van der Waals surface area contributed by atoms with Crippen molar-refractivity contribution < 1.29 is 0 Å². The third kappa shape index (κ3) is 3.55. The Bertz CT molecular complexity index is 606. The lowest BCUT2D eigenvalue weighted by atomic mass is 9.93. The molecule has 3 rings (SSSR count). The third-order valence-electron chi connectivity index (χ3n) is 4.15. The first-order valence-corrected chi connectivity index (χ1v) is 10.2. The SMILES string of the molecule is CSc1ccc(C(C)NC2CCCc3sc(Br)cc32)cc1. The molecule has 1 heterocycles. The number of thiophene rings is 1. The van der Waals surface area contributed by atoms with Crippen molar-refractivity contribution in [3.05, 3.63) is 50.1 Å². The summed E-state index contributed by atoms with van der Waals surface area (Å²) in [5.74, 6) is 0. The van der Waals surface area contributed by atoms with Crippen LogP contribution in [-0.2, 0) is 6.42 Å². The fraction of sp³-hybridized carbons (Fsp3) is 0.412. The molecule has 1 aromatic heterocycles. The Labute approximate surface area is 143 Å². The molecular formula is C17H20BrNS2. The van der Waals surface area contributed by atoms with E-state index in [-0.39, 0.29) is 0 Å². The van der Waals surface area contributed by atoms with Gasteiger partial charge < -0.3 is 5.32 Å². The van der Waals surface area contributed by atoms with Gasteiger partial charge in [0, 0.05) is 21.9 Å². The van der Waals surface area contributed by atoms with Crippen LogP contribution in [-0.4, -0.2) is 6.26 Å². The van der Waals surface area contributed by atoms with Crippen molar-refractivity contribution in [2.75, 3.05) is 6.26 Å². The fourth-order valence-electron chi connectivity index (χ4n) is 2.99. The summed E-state index contributed by atoms with van der Waals surface area (Å²) in [4.78, 5) is 2.88. The lowest BCUT2D eigenvalue weighted by molar-refractivity contribution is 0.418. The molecule has 0 saturated heterocycles. The van der Waals surface area contributed by atoms with Crippen molar-refractivity contribution in [2.24, 2.45) is 0 Å². The van der Waals surface area contributed by atoms with E-state index in [0.717, 1.165) is 0 Å². The van der Waals surface area contributed by atoms with E-state index < -0.39 is 0 Å². The van der Waals surface area contributed by atoms with E-state index in [1.165, 1.54) is 39.1 Å². The Kier molecular flexibility index (Phi) is 5.10. The average molecular weight is 382 g/mol. The van der Waals surface area contributed by atoms with Crippen LogP contribution in [0.5, 0.6) is 0 Å². The zero-order chi connectivity index (χ0) is 14.8. The van der Waals surface area contributed by atoms with Gasteiger partial charge in [0.25, 0.3) is 0 Å². The van der Waals surface area contributed by atoms with Gasteiger partial charge in [0.1, 0.15) is 0 Å². The van der Waals surface area contributed by atoms with E-state index in [9.17, 15) is 0 Å². The van der Waals surface area contributed by atoms with Gasteiger partial charge in [-0.05, 0) is 77.7 Å². The normalized spacial score (nSPS) is 19.3. The molecule has 0 amide bonds. The molecule has 2 aromatic rings. The van der Waals surface area contributed by atoms with E-state index in [1.54, 1.807) is 16.6 Å². The number of aryl methyl sites for hydroxylation is 1. The van der Waals surface area contributed by atoms with E-state index in [1.807, 2.05) is 11.3 Å². The van der Waals surface area contributed by atoms with Gasteiger partial charge >= 0.3 is 0 Å². The fourth-order valence-corrected chi connectivity index (χ4v) is 5.21. The van der Waals surface area contributed by atoms with Crippen molar-refractivity contribution >= 4 is 39.0 Å². The first-order valence-electron chi connectivity index (χ1n) is 7.35. The largest absolute Gasteiger partial charge is 0.303 e. The molecule has 1 aromatic carbocycles. The monoisotopic (exact) mass is 381 g/mol. The molecule has 21 heavy (non-hydrogen) atoms. The van der Waals surface area contributed by atoms with Crippen LogP contribution in [0, 0.1) is 0 Å². The van der Waals surface area contributed by atoms with Crippen molar-refractivity contribution in [3.8, 4) is 0 Å². The predicted molar refractivity (Wildman–Crippen MR) is 97.5 cm³/mol. The number of hydrogen-bond donors (Lipinski definition) is 1. The second kappa shape index (κ2) is 6.86. The summed E-state index contributed by atoms with van der Waals surface area (Å²) in [5, 5.41) is 3.82. The molecule has 0 bridgehead atoms. The highest BCUT2D eigenvalue weighted by molar-refractivity contribution is 9.11. The Morgan fingerprint density at radius 1 is 1.33 bits per heavy atom. The molecule has 2 atom stereocenters. The van der Waals surface area contributed by atoms with Crippen molar-refractivity contribution in [2.45, 2.75) is 43.2 Å². The van der Waals surface area contributed by atoms with Crippen LogP contribution in [0.3, 0.4) is 0 Å². The third-order valence-corrected chi connectivity index (χ3v) is 6.61. The second-order valence-corrected chi connectivity index (χ2v) is 8.93. The van der Waals surface area contributed by atoms with Crippen molar-refractivity contribution in [1.29, 1.82) is 0 Å². The van der Waals surface area contributed by atoms with Crippen molar-refractivity contribution in [1.82, 2.24) is 5.32 Å². The molecule has 2 unspecified atom stereocenters. The number of benzene rings is 1. The van der Waals surface area contributed by atoms with E-state index >= 15 is 0 Å². The van der Waals surface area contributed by atoms with Gasteiger partial charge in [-0.1, -0.05) is 12.1 Å². The first-order chi connectivity index (χ1) is 10.2. The molecule has 1 aliphatic rings. The molecule has 0 radical (unpaired) electrons. The summed E-state index contributed by atoms with van der Waals surface area (Å²) in [5.41, 5.74) is 2.87. The average Bonchev–Trinajstić information content (AvgIpc) is 2.88. The number of halogens is 1. The Morgan fingerprint density at radius 2 is 2.10 bits per heavy atom. The lowest BCUT2D eigenvalue weighted by Crippen LogP contribution is -2.27. The maximum atomic E-state index is 3.82. The highest BCUT2D eigenvalue weighted by Crippen LogP contribution is 2.39. The summed E-state index contributed by atoms with van der Waals surface area (Å²) in [6, 6.07) is 12.1. The predicted octanol–water partition coefficient (Wildman–Crippen LogP) is 5.96. The molecule has 0 fully saturated rings. The maximum Gasteiger partial charge on any atom is 0.0704 e. The minimum absolute atomic E-state index is 0.385. The van der Waals surface area contributed by atoms with Crippen LogP contribution < -0.4 is 5.32 Å². The Morgan fingerprint density at radius 3 is 2.81 bits per heavy atom. The zero-order valence-corrected chi connectivity index (χ0v) is 15.6. The first kappa shape index (κ1) is 15.6. The molecule has 1 aliphatic carbocycles. The zero-order valence-electron chi connectivity index (χ0n) is 12.4. The molecule has 4 heteroatoms. The summed E-state index contributed by atoms with van der Waals surface area (Å²) in [6.45, 7) is 2.27. The molecule has 0 aliphatic heterocycles. The number of nitrogens with one attached hydrogen (secondary N) is 1.